The lowest BCUT2D eigenvalue weighted by atomic mass is 10.3. The Labute approximate surface area is 171 Å². The Morgan fingerprint density at radius 2 is 1.28 bits per heavy atom. The molecular formula is C18H38O11. The van der Waals surface area contributed by atoms with Crippen LogP contribution in [0.2, 0.25) is 0 Å². The van der Waals surface area contributed by atoms with E-state index in [4.69, 9.17) is 44.8 Å². The van der Waals surface area contributed by atoms with E-state index in [1.165, 1.54) is 0 Å². The standard InChI is InChI=1S/C8H18O3.C6H14O3.C4H6O5/c1-4-10-6-8(3)11-5-7(2)9;1-5(8)4-9-6(2)3-7;5-2(4(8)9)1-3(6)7/h7-9H,4-6H2,1-3H3;5-8H,3-4H2,1-2H3;2,5H,1H2,(H,6,7)(H,8,9). The van der Waals surface area contributed by atoms with Crippen LogP contribution < -0.4 is 0 Å². The van der Waals surface area contributed by atoms with Gasteiger partial charge in [-0.1, -0.05) is 0 Å². The van der Waals surface area contributed by atoms with E-state index >= 15 is 0 Å². The second kappa shape index (κ2) is 21.4. The molecule has 29 heavy (non-hydrogen) atoms. The van der Waals surface area contributed by atoms with Crippen LogP contribution in [0.4, 0.5) is 0 Å². The van der Waals surface area contributed by atoms with E-state index in [9.17, 15) is 9.59 Å². The summed E-state index contributed by atoms with van der Waals surface area (Å²) in [5.74, 6) is -2.85. The van der Waals surface area contributed by atoms with Gasteiger partial charge in [0.15, 0.2) is 6.10 Å². The number of aliphatic hydroxyl groups excluding tert-OH is 4. The third kappa shape index (κ3) is 31.6. The Morgan fingerprint density at radius 1 is 0.828 bits per heavy atom. The first-order valence-corrected chi connectivity index (χ1v) is 9.27. The van der Waals surface area contributed by atoms with Crippen molar-refractivity contribution in [1.82, 2.24) is 0 Å². The summed E-state index contributed by atoms with van der Waals surface area (Å²) in [6.07, 6.45) is -3.47. The Bertz CT molecular complexity index is 388. The molecule has 0 saturated heterocycles. The predicted octanol–water partition coefficient (Wildman–Crippen LogP) is -0.520. The Hall–Kier alpha value is -1.34. The van der Waals surface area contributed by atoms with E-state index in [2.05, 4.69) is 0 Å². The third-order valence-electron chi connectivity index (χ3n) is 2.71. The number of carboxylic acids is 2. The smallest absolute Gasteiger partial charge is 0.333 e. The molecule has 0 aliphatic rings. The van der Waals surface area contributed by atoms with Crippen molar-refractivity contribution in [2.24, 2.45) is 0 Å². The van der Waals surface area contributed by atoms with Gasteiger partial charge in [-0.15, -0.1) is 0 Å². The van der Waals surface area contributed by atoms with Crippen LogP contribution in [0.1, 0.15) is 41.0 Å². The minimum absolute atomic E-state index is 0.00667. The van der Waals surface area contributed by atoms with Crippen LogP contribution in [0.15, 0.2) is 0 Å². The summed E-state index contributed by atoms with van der Waals surface area (Å²) in [5, 5.41) is 50.1. The molecule has 0 bridgehead atoms. The van der Waals surface area contributed by atoms with Crippen molar-refractivity contribution in [3.8, 4) is 0 Å². The first kappa shape index (κ1) is 32.3. The first-order chi connectivity index (χ1) is 13.4. The predicted molar refractivity (Wildman–Crippen MR) is 104 cm³/mol. The lowest BCUT2D eigenvalue weighted by Crippen LogP contribution is -2.22. The van der Waals surface area contributed by atoms with Gasteiger partial charge in [0, 0.05) is 6.61 Å². The molecule has 0 aliphatic heterocycles. The van der Waals surface area contributed by atoms with Crippen molar-refractivity contribution in [2.75, 3.05) is 33.0 Å². The number of carbonyl (C=O) groups is 2. The largest absolute Gasteiger partial charge is 0.481 e. The van der Waals surface area contributed by atoms with E-state index in [0.29, 0.717) is 26.4 Å². The number of aliphatic hydroxyl groups is 4. The van der Waals surface area contributed by atoms with Crippen molar-refractivity contribution < 1.29 is 54.4 Å². The summed E-state index contributed by atoms with van der Waals surface area (Å²) in [6.45, 7) is 11.0. The van der Waals surface area contributed by atoms with Gasteiger partial charge in [-0.2, -0.15) is 0 Å². The molecule has 0 fully saturated rings. The molecule has 0 saturated carbocycles. The van der Waals surface area contributed by atoms with Crippen LogP contribution in [-0.4, -0.2) is 106 Å². The molecule has 5 unspecified atom stereocenters. The highest BCUT2D eigenvalue weighted by molar-refractivity contribution is 5.79. The van der Waals surface area contributed by atoms with Gasteiger partial charge in [0.25, 0.3) is 0 Å². The van der Waals surface area contributed by atoms with Crippen molar-refractivity contribution in [2.45, 2.75) is 71.6 Å². The van der Waals surface area contributed by atoms with E-state index in [1.54, 1.807) is 20.8 Å². The summed E-state index contributed by atoms with van der Waals surface area (Å²) in [6, 6.07) is 0. The second-order valence-electron chi connectivity index (χ2n) is 6.28. The summed E-state index contributed by atoms with van der Waals surface area (Å²) in [5.41, 5.74) is 0. The molecule has 0 rings (SSSR count). The van der Waals surface area contributed by atoms with Crippen LogP contribution >= 0.6 is 0 Å². The molecule has 0 aliphatic carbocycles. The highest BCUT2D eigenvalue weighted by Crippen LogP contribution is 1.93. The summed E-state index contributed by atoms with van der Waals surface area (Å²) in [4.78, 5) is 19.4. The Kier molecular flexibility index (Phi) is 23.8. The molecule has 5 atom stereocenters. The number of rotatable bonds is 13. The average Bonchev–Trinajstić information content (AvgIpc) is 2.62. The molecular weight excluding hydrogens is 392 g/mol. The van der Waals surface area contributed by atoms with Crippen molar-refractivity contribution in [1.29, 1.82) is 0 Å². The minimum atomic E-state index is -1.79. The highest BCUT2D eigenvalue weighted by Gasteiger charge is 2.16. The summed E-state index contributed by atoms with van der Waals surface area (Å²) in [7, 11) is 0. The van der Waals surface area contributed by atoms with Gasteiger partial charge < -0.3 is 44.8 Å². The molecule has 0 radical (unpaired) electrons. The molecule has 11 heteroatoms. The zero-order chi connectivity index (χ0) is 23.4. The normalized spacial score (nSPS) is 15.5. The van der Waals surface area contributed by atoms with E-state index in [0.717, 1.165) is 0 Å². The fourth-order valence-electron chi connectivity index (χ4n) is 1.24. The van der Waals surface area contributed by atoms with Crippen molar-refractivity contribution in [3.63, 3.8) is 0 Å². The maximum Gasteiger partial charge on any atom is 0.333 e. The number of carboxylic acid groups (broad SMARTS) is 2. The minimum Gasteiger partial charge on any atom is -0.481 e. The maximum atomic E-state index is 9.72. The molecule has 0 spiro atoms. The fourth-order valence-corrected chi connectivity index (χ4v) is 1.24. The zero-order valence-corrected chi connectivity index (χ0v) is 17.9. The molecule has 0 aromatic carbocycles. The molecule has 0 aromatic heterocycles. The van der Waals surface area contributed by atoms with E-state index < -0.39 is 30.6 Å². The molecule has 11 nitrogen and oxygen atoms in total. The fraction of sp³-hybridized carbons (Fsp3) is 0.889. The van der Waals surface area contributed by atoms with Gasteiger partial charge >= 0.3 is 11.9 Å². The zero-order valence-electron chi connectivity index (χ0n) is 17.9. The van der Waals surface area contributed by atoms with Crippen molar-refractivity contribution in [3.05, 3.63) is 0 Å². The molecule has 0 aromatic rings. The van der Waals surface area contributed by atoms with Crippen LogP contribution in [0.3, 0.4) is 0 Å². The Morgan fingerprint density at radius 3 is 1.55 bits per heavy atom. The maximum absolute atomic E-state index is 9.72. The second-order valence-corrected chi connectivity index (χ2v) is 6.28. The van der Waals surface area contributed by atoms with Crippen LogP contribution in [-0.2, 0) is 23.8 Å². The van der Waals surface area contributed by atoms with Crippen LogP contribution in [0.5, 0.6) is 0 Å². The summed E-state index contributed by atoms with van der Waals surface area (Å²) >= 11 is 0. The van der Waals surface area contributed by atoms with Gasteiger partial charge in [-0.25, -0.2) is 4.79 Å². The molecule has 0 heterocycles. The van der Waals surface area contributed by atoms with E-state index in [-0.39, 0.29) is 24.9 Å². The SMILES string of the molecule is CC(O)COC(C)CO.CCOCC(C)OCC(C)O.O=C(O)CC(O)C(=O)O. The van der Waals surface area contributed by atoms with Gasteiger partial charge in [0.05, 0.1) is 57.3 Å². The van der Waals surface area contributed by atoms with Crippen LogP contribution in [0.25, 0.3) is 0 Å². The topological polar surface area (TPSA) is 183 Å². The monoisotopic (exact) mass is 430 g/mol. The first-order valence-electron chi connectivity index (χ1n) is 9.27. The Balaban J connectivity index is -0.000000352. The van der Waals surface area contributed by atoms with Gasteiger partial charge in [-0.05, 0) is 34.6 Å². The van der Waals surface area contributed by atoms with Gasteiger partial charge in [-0.3, -0.25) is 4.79 Å². The average molecular weight is 430 g/mol. The van der Waals surface area contributed by atoms with Gasteiger partial charge in [0.2, 0.25) is 0 Å². The van der Waals surface area contributed by atoms with Crippen molar-refractivity contribution >= 4 is 11.9 Å². The molecule has 176 valence electrons. The number of hydrogen-bond donors (Lipinski definition) is 6. The van der Waals surface area contributed by atoms with Crippen LogP contribution in [0, 0.1) is 0 Å². The third-order valence-corrected chi connectivity index (χ3v) is 2.71. The van der Waals surface area contributed by atoms with E-state index in [1.807, 2.05) is 13.8 Å². The molecule has 6 N–H and O–H groups in total. The number of ether oxygens (including phenoxy) is 3. The van der Waals surface area contributed by atoms with Gasteiger partial charge in [0.1, 0.15) is 0 Å². The quantitative estimate of drug-likeness (QED) is 0.221. The number of hydrogen-bond acceptors (Lipinski definition) is 9. The number of aliphatic carboxylic acids is 2. The summed E-state index contributed by atoms with van der Waals surface area (Å²) < 4.78 is 15.3. The molecule has 0 amide bonds. The lowest BCUT2D eigenvalue weighted by molar-refractivity contribution is -0.152. The highest BCUT2D eigenvalue weighted by atomic mass is 16.5. The lowest BCUT2D eigenvalue weighted by Gasteiger charge is -2.13.